The molecular formula is C19H22N4O2. The molecule has 25 heavy (non-hydrogen) atoms. The van der Waals surface area contributed by atoms with Gasteiger partial charge in [0.25, 0.3) is 5.91 Å². The van der Waals surface area contributed by atoms with E-state index in [2.05, 4.69) is 4.98 Å². The standard InChI is InChI=1S/C19H22N4O2/c1-9-6-7-14(25-5)11(3)16(9)23-17(20)15(18(21)24)13-8-10(2)12(4)22-19(13)23/h6-8H,20H2,1-5H3,(H2,21,24). The van der Waals surface area contributed by atoms with Crippen LogP contribution in [0.25, 0.3) is 16.7 Å². The Morgan fingerprint density at radius 2 is 1.84 bits per heavy atom. The van der Waals surface area contributed by atoms with E-state index in [0.29, 0.717) is 22.4 Å². The zero-order chi connectivity index (χ0) is 18.5. The van der Waals surface area contributed by atoms with Crippen LogP contribution < -0.4 is 16.2 Å². The molecule has 3 rings (SSSR count). The van der Waals surface area contributed by atoms with Crippen LogP contribution in [0.15, 0.2) is 18.2 Å². The average molecular weight is 338 g/mol. The SMILES string of the molecule is COc1ccc(C)c(-n2c(N)c(C(N)=O)c3cc(C)c(C)nc32)c1C. The van der Waals surface area contributed by atoms with Crippen LogP contribution in [0.4, 0.5) is 5.82 Å². The summed E-state index contributed by atoms with van der Waals surface area (Å²) in [5.41, 5.74) is 17.5. The zero-order valence-electron chi connectivity index (χ0n) is 15.1. The molecule has 2 aromatic heterocycles. The second-order valence-corrected chi connectivity index (χ2v) is 6.28. The van der Waals surface area contributed by atoms with Gasteiger partial charge in [-0.25, -0.2) is 4.98 Å². The number of anilines is 1. The minimum Gasteiger partial charge on any atom is -0.496 e. The number of methoxy groups -OCH3 is 1. The third-order valence-electron chi connectivity index (χ3n) is 4.70. The van der Waals surface area contributed by atoms with E-state index in [1.165, 1.54) is 0 Å². The van der Waals surface area contributed by atoms with E-state index in [1.54, 1.807) is 11.7 Å². The lowest BCUT2D eigenvalue weighted by Gasteiger charge is -2.17. The van der Waals surface area contributed by atoms with E-state index >= 15 is 0 Å². The minimum atomic E-state index is -0.565. The largest absolute Gasteiger partial charge is 0.496 e. The predicted octanol–water partition coefficient (Wildman–Crippen LogP) is 2.95. The highest BCUT2D eigenvalue weighted by atomic mass is 16.5. The topological polar surface area (TPSA) is 96.2 Å². The summed E-state index contributed by atoms with van der Waals surface area (Å²) < 4.78 is 7.25. The van der Waals surface area contributed by atoms with E-state index in [1.807, 2.05) is 45.9 Å². The number of nitrogen functional groups attached to an aromatic ring is 1. The van der Waals surface area contributed by atoms with Crippen molar-refractivity contribution in [3.63, 3.8) is 0 Å². The highest BCUT2D eigenvalue weighted by Gasteiger charge is 2.24. The van der Waals surface area contributed by atoms with Crippen LogP contribution in [0.5, 0.6) is 5.75 Å². The molecular weight excluding hydrogens is 316 g/mol. The molecule has 0 saturated carbocycles. The lowest BCUT2D eigenvalue weighted by Crippen LogP contribution is -2.14. The van der Waals surface area contributed by atoms with E-state index in [0.717, 1.165) is 33.8 Å². The van der Waals surface area contributed by atoms with Crippen LogP contribution in [0.1, 0.15) is 32.7 Å². The summed E-state index contributed by atoms with van der Waals surface area (Å²) in [5, 5.41) is 0.662. The summed E-state index contributed by atoms with van der Waals surface area (Å²) in [6.07, 6.45) is 0. The molecule has 0 saturated heterocycles. The maximum atomic E-state index is 12.0. The van der Waals surface area contributed by atoms with Gasteiger partial charge in [0.1, 0.15) is 17.2 Å². The monoisotopic (exact) mass is 338 g/mol. The predicted molar refractivity (Wildman–Crippen MR) is 99.5 cm³/mol. The zero-order valence-corrected chi connectivity index (χ0v) is 15.1. The second-order valence-electron chi connectivity index (χ2n) is 6.28. The summed E-state index contributed by atoms with van der Waals surface area (Å²) in [4.78, 5) is 16.7. The van der Waals surface area contributed by atoms with E-state index in [9.17, 15) is 4.79 Å². The Balaban J connectivity index is 2.52. The number of aryl methyl sites for hydroxylation is 3. The molecule has 4 N–H and O–H groups in total. The number of hydrogen-bond acceptors (Lipinski definition) is 4. The molecule has 3 aromatic rings. The highest BCUT2D eigenvalue weighted by Crippen LogP contribution is 2.36. The van der Waals surface area contributed by atoms with Crippen molar-refractivity contribution in [3.05, 3.63) is 46.1 Å². The molecule has 0 aliphatic rings. The van der Waals surface area contributed by atoms with Gasteiger partial charge in [0.05, 0.1) is 18.4 Å². The number of amides is 1. The van der Waals surface area contributed by atoms with Crippen LogP contribution >= 0.6 is 0 Å². The van der Waals surface area contributed by atoms with Gasteiger partial charge in [-0.3, -0.25) is 9.36 Å². The molecule has 6 heteroatoms. The first-order valence-electron chi connectivity index (χ1n) is 8.00. The maximum Gasteiger partial charge on any atom is 0.253 e. The number of nitrogens with two attached hydrogens (primary N) is 2. The molecule has 0 bridgehead atoms. The smallest absolute Gasteiger partial charge is 0.253 e. The van der Waals surface area contributed by atoms with Crippen molar-refractivity contribution in [2.75, 3.05) is 12.8 Å². The van der Waals surface area contributed by atoms with E-state index in [-0.39, 0.29) is 0 Å². The summed E-state index contributed by atoms with van der Waals surface area (Å²) >= 11 is 0. The highest BCUT2D eigenvalue weighted by molar-refractivity contribution is 6.11. The summed E-state index contributed by atoms with van der Waals surface area (Å²) in [7, 11) is 1.62. The first kappa shape index (κ1) is 16.8. The normalized spacial score (nSPS) is 11.1. The molecule has 0 radical (unpaired) electrons. The summed E-state index contributed by atoms with van der Waals surface area (Å²) in [5.74, 6) is 0.468. The van der Waals surface area contributed by atoms with Crippen molar-refractivity contribution in [2.24, 2.45) is 5.73 Å². The Bertz CT molecular complexity index is 1020. The maximum absolute atomic E-state index is 12.0. The van der Waals surface area contributed by atoms with Gasteiger partial charge in [-0.2, -0.15) is 0 Å². The third kappa shape index (κ3) is 2.41. The number of ether oxygens (including phenoxy) is 1. The Labute approximate surface area is 146 Å². The molecule has 0 aliphatic carbocycles. The Kier molecular flexibility index (Phi) is 3.91. The lowest BCUT2D eigenvalue weighted by atomic mass is 10.1. The van der Waals surface area contributed by atoms with Gasteiger partial charge >= 0.3 is 0 Å². The quantitative estimate of drug-likeness (QED) is 0.767. The first-order chi connectivity index (χ1) is 11.8. The summed E-state index contributed by atoms with van der Waals surface area (Å²) in [6.45, 7) is 7.81. The van der Waals surface area contributed by atoms with Gasteiger partial charge in [-0.05, 0) is 51.0 Å². The molecule has 130 valence electrons. The number of primary amides is 1. The van der Waals surface area contributed by atoms with Crippen LogP contribution in [0.2, 0.25) is 0 Å². The number of pyridine rings is 1. The van der Waals surface area contributed by atoms with Crippen LogP contribution in [0, 0.1) is 27.7 Å². The molecule has 0 unspecified atom stereocenters. The van der Waals surface area contributed by atoms with Gasteiger partial charge in [0.2, 0.25) is 0 Å². The van der Waals surface area contributed by atoms with Gasteiger partial charge in [0, 0.05) is 16.6 Å². The molecule has 0 fully saturated rings. The number of hydrogen-bond donors (Lipinski definition) is 2. The van der Waals surface area contributed by atoms with Crippen molar-refractivity contribution < 1.29 is 9.53 Å². The van der Waals surface area contributed by atoms with E-state index in [4.69, 9.17) is 16.2 Å². The molecule has 1 aromatic carbocycles. The lowest BCUT2D eigenvalue weighted by molar-refractivity contribution is 0.100. The van der Waals surface area contributed by atoms with Crippen LogP contribution in [0.3, 0.4) is 0 Å². The number of aromatic nitrogens is 2. The molecule has 0 aliphatic heterocycles. The second kappa shape index (κ2) is 5.81. The Morgan fingerprint density at radius 3 is 2.44 bits per heavy atom. The van der Waals surface area contributed by atoms with Crippen molar-refractivity contribution >= 4 is 22.8 Å². The first-order valence-corrected chi connectivity index (χ1v) is 8.00. The van der Waals surface area contributed by atoms with Gasteiger partial charge in [0.15, 0.2) is 0 Å². The third-order valence-corrected chi connectivity index (χ3v) is 4.70. The van der Waals surface area contributed by atoms with Gasteiger partial charge < -0.3 is 16.2 Å². The van der Waals surface area contributed by atoms with Crippen molar-refractivity contribution in [3.8, 4) is 11.4 Å². The molecule has 2 heterocycles. The number of fused-ring (bicyclic) bond motifs is 1. The number of carbonyl (C=O) groups is 1. The Morgan fingerprint density at radius 1 is 1.16 bits per heavy atom. The number of nitrogens with zero attached hydrogens (tertiary/aromatic N) is 2. The van der Waals surface area contributed by atoms with Crippen molar-refractivity contribution in [2.45, 2.75) is 27.7 Å². The van der Waals surface area contributed by atoms with Crippen molar-refractivity contribution in [1.29, 1.82) is 0 Å². The van der Waals surface area contributed by atoms with Crippen LogP contribution in [-0.2, 0) is 0 Å². The fraction of sp³-hybridized carbons (Fsp3) is 0.263. The molecule has 6 nitrogen and oxygen atoms in total. The molecule has 1 amide bonds. The minimum absolute atomic E-state index is 0.291. The van der Waals surface area contributed by atoms with Crippen LogP contribution in [-0.4, -0.2) is 22.6 Å². The number of carbonyl (C=O) groups excluding carboxylic acids is 1. The fourth-order valence-corrected chi connectivity index (χ4v) is 3.28. The van der Waals surface area contributed by atoms with Gasteiger partial charge in [-0.15, -0.1) is 0 Å². The molecule has 0 spiro atoms. The average Bonchev–Trinajstić information content (AvgIpc) is 2.80. The fourth-order valence-electron chi connectivity index (χ4n) is 3.28. The van der Waals surface area contributed by atoms with Crippen molar-refractivity contribution in [1.82, 2.24) is 9.55 Å². The summed E-state index contributed by atoms with van der Waals surface area (Å²) in [6, 6.07) is 5.78. The molecule has 0 atom stereocenters. The number of rotatable bonds is 3. The van der Waals surface area contributed by atoms with Gasteiger partial charge in [-0.1, -0.05) is 6.07 Å². The number of benzene rings is 1. The Hall–Kier alpha value is -3.02. The van der Waals surface area contributed by atoms with E-state index < -0.39 is 5.91 Å².